The number of hydrogen-bond donors (Lipinski definition) is 2. The molecule has 1 aromatic rings. The van der Waals surface area contributed by atoms with Crippen LogP contribution in [0.4, 0.5) is 0 Å². The van der Waals surface area contributed by atoms with Gasteiger partial charge in [0.05, 0.1) is 11.6 Å². The van der Waals surface area contributed by atoms with E-state index >= 15 is 0 Å². The van der Waals surface area contributed by atoms with Crippen molar-refractivity contribution in [2.75, 3.05) is 20.2 Å². The molecule has 0 spiro atoms. The largest absolute Gasteiger partial charge is 0.492 e. The molecule has 0 amide bonds. The predicted molar refractivity (Wildman–Crippen MR) is 72.6 cm³/mol. The predicted octanol–water partition coefficient (Wildman–Crippen LogP) is 2.59. The van der Waals surface area contributed by atoms with Crippen molar-refractivity contribution in [2.24, 2.45) is 11.7 Å². The van der Waals surface area contributed by atoms with Gasteiger partial charge in [0, 0.05) is 6.04 Å². The third-order valence-electron chi connectivity index (χ3n) is 2.87. The van der Waals surface area contributed by atoms with E-state index in [1.807, 2.05) is 32.2 Å². The minimum Gasteiger partial charge on any atom is -0.492 e. The van der Waals surface area contributed by atoms with Crippen LogP contribution in [0, 0.1) is 5.92 Å². The van der Waals surface area contributed by atoms with E-state index in [-0.39, 0.29) is 6.04 Å². The first-order valence-corrected chi connectivity index (χ1v) is 6.31. The fourth-order valence-electron chi connectivity index (χ4n) is 1.90. The highest BCUT2D eigenvalue weighted by atomic mass is 35.5. The fraction of sp³-hybridized carbons (Fsp3) is 0.538. The second-order valence-electron chi connectivity index (χ2n) is 4.10. The zero-order valence-corrected chi connectivity index (χ0v) is 11.4. The van der Waals surface area contributed by atoms with Gasteiger partial charge in [-0.2, -0.15) is 0 Å². The summed E-state index contributed by atoms with van der Waals surface area (Å²) in [7, 11) is 1.93. The van der Waals surface area contributed by atoms with Crippen LogP contribution in [0.1, 0.15) is 25.5 Å². The number of nitrogens with one attached hydrogen (secondary N) is 1. The van der Waals surface area contributed by atoms with Gasteiger partial charge in [0.1, 0.15) is 5.75 Å². The van der Waals surface area contributed by atoms with Crippen LogP contribution in [0.15, 0.2) is 18.2 Å². The molecule has 0 radical (unpaired) electrons. The van der Waals surface area contributed by atoms with Gasteiger partial charge < -0.3 is 15.8 Å². The van der Waals surface area contributed by atoms with Crippen LogP contribution in [0.25, 0.3) is 0 Å². The van der Waals surface area contributed by atoms with Gasteiger partial charge in [-0.3, -0.25) is 0 Å². The Kier molecular flexibility index (Phi) is 5.75. The summed E-state index contributed by atoms with van der Waals surface area (Å²) in [6.45, 7) is 5.31. The Morgan fingerprint density at radius 1 is 1.47 bits per heavy atom. The molecule has 0 saturated carbocycles. The SMILES string of the molecule is CCOc1ccc(C(NC)C(C)CN)cc1Cl. The second-order valence-corrected chi connectivity index (χ2v) is 4.51. The van der Waals surface area contributed by atoms with E-state index in [9.17, 15) is 0 Å². The Bertz CT molecular complexity index is 357. The van der Waals surface area contributed by atoms with Crippen LogP contribution >= 0.6 is 11.6 Å². The molecule has 96 valence electrons. The summed E-state index contributed by atoms with van der Waals surface area (Å²) in [5, 5.41) is 3.92. The minimum atomic E-state index is 0.216. The number of rotatable bonds is 6. The van der Waals surface area contributed by atoms with E-state index in [0.29, 0.717) is 24.1 Å². The summed E-state index contributed by atoms with van der Waals surface area (Å²) in [6, 6.07) is 6.10. The zero-order chi connectivity index (χ0) is 12.8. The highest BCUT2D eigenvalue weighted by Gasteiger charge is 2.17. The Labute approximate surface area is 108 Å². The minimum absolute atomic E-state index is 0.216. The van der Waals surface area contributed by atoms with Crippen molar-refractivity contribution in [3.8, 4) is 5.75 Å². The summed E-state index contributed by atoms with van der Waals surface area (Å²) in [5.74, 6) is 1.09. The molecule has 4 heteroatoms. The summed E-state index contributed by atoms with van der Waals surface area (Å²) >= 11 is 6.17. The molecule has 17 heavy (non-hydrogen) atoms. The Morgan fingerprint density at radius 2 is 2.18 bits per heavy atom. The van der Waals surface area contributed by atoms with Crippen LogP contribution in [0.3, 0.4) is 0 Å². The normalized spacial score (nSPS) is 14.4. The molecule has 0 aliphatic heterocycles. The first-order valence-electron chi connectivity index (χ1n) is 5.93. The first-order chi connectivity index (χ1) is 8.13. The maximum atomic E-state index is 6.17. The lowest BCUT2D eigenvalue weighted by Gasteiger charge is -2.23. The van der Waals surface area contributed by atoms with Crippen molar-refractivity contribution in [1.82, 2.24) is 5.32 Å². The van der Waals surface area contributed by atoms with Crippen molar-refractivity contribution >= 4 is 11.6 Å². The summed E-state index contributed by atoms with van der Waals surface area (Å²) in [5.41, 5.74) is 6.84. The highest BCUT2D eigenvalue weighted by Crippen LogP contribution is 2.30. The Hall–Kier alpha value is -0.770. The van der Waals surface area contributed by atoms with Crippen LogP contribution in [-0.4, -0.2) is 20.2 Å². The standard InChI is InChI=1S/C13H21ClN2O/c1-4-17-12-6-5-10(7-11(12)14)13(16-3)9(2)8-15/h5-7,9,13,16H,4,8,15H2,1-3H3. The van der Waals surface area contributed by atoms with Crippen molar-refractivity contribution in [3.63, 3.8) is 0 Å². The molecule has 1 rings (SSSR count). The molecule has 0 heterocycles. The lowest BCUT2D eigenvalue weighted by molar-refractivity contribution is 0.340. The van der Waals surface area contributed by atoms with Crippen LogP contribution < -0.4 is 15.8 Å². The number of hydrogen-bond acceptors (Lipinski definition) is 3. The maximum absolute atomic E-state index is 6.17. The lowest BCUT2D eigenvalue weighted by Crippen LogP contribution is -2.28. The molecule has 3 nitrogen and oxygen atoms in total. The molecule has 0 aliphatic rings. The van der Waals surface area contributed by atoms with E-state index in [1.165, 1.54) is 0 Å². The van der Waals surface area contributed by atoms with Crippen LogP contribution in [-0.2, 0) is 0 Å². The fourth-order valence-corrected chi connectivity index (χ4v) is 2.14. The molecule has 3 N–H and O–H groups in total. The summed E-state index contributed by atoms with van der Waals surface area (Å²) in [4.78, 5) is 0. The van der Waals surface area contributed by atoms with E-state index in [1.54, 1.807) is 0 Å². The molecule has 0 bridgehead atoms. The van der Waals surface area contributed by atoms with Gasteiger partial charge in [0.25, 0.3) is 0 Å². The quantitative estimate of drug-likeness (QED) is 0.823. The molecule has 0 fully saturated rings. The first kappa shape index (κ1) is 14.3. The number of ether oxygens (including phenoxy) is 1. The second kappa shape index (κ2) is 6.84. The van der Waals surface area contributed by atoms with Gasteiger partial charge >= 0.3 is 0 Å². The van der Waals surface area contributed by atoms with Gasteiger partial charge in [-0.25, -0.2) is 0 Å². The van der Waals surface area contributed by atoms with Gasteiger partial charge in [0.2, 0.25) is 0 Å². The average molecular weight is 257 g/mol. The van der Waals surface area contributed by atoms with Crippen molar-refractivity contribution in [1.29, 1.82) is 0 Å². The lowest BCUT2D eigenvalue weighted by atomic mass is 9.95. The van der Waals surface area contributed by atoms with Gasteiger partial charge in [0.15, 0.2) is 0 Å². The molecule has 0 aromatic heterocycles. The molecule has 0 aliphatic carbocycles. The third-order valence-corrected chi connectivity index (χ3v) is 3.16. The molecule has 1 aromatic carbocycles. The average Bonchev–Trinajstić information content (AvgIpc) is 2.33. The molecule has 0 saturated heterocycles. The van der Waals surface area contributed by atoms with E-state index in [4.69, 9.17) is 22.1 Å². The van der Waals surface area contributed by atoms with E-state index in [2.05, 4.69) is 12.2 Å². The molecular weight excluding hydrogens is 236 g/mol. The van der Waals surface area contributed by atoms with Gasteiger partial charge in [-0.1, -0.05) is 24.6 Å². The molecular formula is C13H21ClN2O. The maximum Gasteiger partial charge on any atom is 0.137 e. The van der Waals surface area contributed by atoms with E-state index < -0.39 is 0 Å². The third kappa shape index (κ3) is 3.60. The number of benzene rings is 1. The monoisotopic (exact) mass is 256 g/mol. The van der Waals surface area contributed by atoms with E-state index in [0.717, 1.165) is 11.3 Å². The van der Waals surface area contributed by atoms with Crippen LogP contribution in [0.2, 0.25) is 5.02 Å². The van der Waals surface area contributed by atoms with Crippen molar-refractivity contribution in [3.05, 3.63) is 28.8 Å². The Balaban J connectivity index is 2.94. The smallest absolute Gasteiger partial charge is 0.137 e. The zero-order valence-electron chi connectivity index (χ0n) is 10.7. The number of halogens is 1. The highest BCUT2D eigenvalue weighted by molar-refractivity contribution is 6.32. The molecule has 2 unspecified atom stereocenters. The summed E-state index contributed by atoms with van der Waals surface area (Å²) in [6.07, 6.45) is 0. The Morgan fingerprint density at radius 3 is 2.65 bits per heavy atom. The topological polar surface area (TPSA) is 47.3 Å². The van der Waals surface area contributed by atoms with Crippen molar-refractivity contribution < 1.29 is 4.74 Å². The summed E-state index contributed by atoms with van der Waals surface area (Å²) < 4.78 is 5.41. The number of nitrogens with two attached hydrogens (primary N) is 1. The van der Waals surface area contributed by atoms with Gasteiger partial charge in [-0.05, 0) is 44.1 Å². The van der Waals surface area contributed by atoms with Crippen LogP contribution in [0.5, 0.6) is 5.75 Å². The van der Waals surface area contributed by atoms with Crippen molar-refractivity contribution in [2.45, 2.75) is 19.9 Å². The van der Waals surface area contributed by atoms with Gasteiger partial charge in [-0.15, -0.1) is 0 Å². The molecule has 2 atom stereocenters.